The van der Waals surface area contributed by atoms with E-state index in [1.165, 1.54) is 0 Å². The first kappa shape index (κ1) is 22.7. The molecule has 0 spiro atoms. The molecule has 4 aromatic rings. The van der Waals surface area contributed by atoms with Crippen LogP contribution in [0.3, 0.4) is 0 Å². The summed E-state index contributed by atoms with van der Waals surface area (Å²) in [4.78, 5) is 18.6. The minimum absolute atomic E-state index is 0.233. The maximum Gasteiger partial charge on any atom is 0.255 e. The Hall–Kier alpha value is -3.10. The average molecular weight is 492 g/mol. The van der Waals surface area contributed by atoms with Gasteiger partial charge in [0.2, 0.25) is 0 Å². The van der Waals surface area contributed by atoms with Crippen LogP contribution in [0.15, 0.2) is 88.9 Å². The first-order valence-corrected chi connectivity index (χ1v) is 13.8. The van der Waals surface area contributed by atoms with Crippen molar-refractivity contribution in [1.29, 1.82) is 0 Å². The molecule has 174 valence electrons. The van der Waals surface area contributed by atoms with Crippen LogP contribution >= 0.6 is 11.8 Å². The number of rotatable bonds is 7. The molecule has 34 heavy (non-hydrogen) atoms. The van der Waals surface area contributed by atoms with Gasteiger partial charge >= 0.3 is 0 Å². The summed E-state index contributed by atoms with van der Waals surface area (Å²) in [5.41, 5.74) is 3.03. The number of imidazole rings is 1. The zero-order valence-corrected chi connectivity index (χ0v) is 20.2. The Labute approximate surface area is 203 Å². The molecule has 5 rings (SSSR count). The Balaban J connectivity index is 1.18. The van der Waals surface area contributed by atoms with E-state index in [0.717, 1.165) is 47.7 Å². The van der Waals surface area contributed by atoms with Gasteiger partial charge in [0.15, 0.2) is 9.84 Å². The number of aromatic nitrogens is 2. The summed E-state index contributed by atoms with van der Waals surface area (Å²) in [6.07, 6.45) is 7.40. The normalized spacial score (nSPS) is 14.5. The van der Waals surface area contributed by atoms with Crippen LogP contribution < -0.4 is 5.32 Å². The summed E-state index contributed by atoms with van der Waals surface area (Å²) in [5, 5.41) is 2.56. The molecule has 0 saturated heterocycles. The summed E-state index contributed by atoms with van der Waals surface area (Å²) in [7, 11) is -3.30. The quantitative estimate of drug-likeness (QED) is 0.341. The lowest BCUT2D eigenvalue weighted by atomic mass is 10.2. The molecule has 0 aliphatic heterocycles. The third-order valence-electron chi connectivity index (χ3n) is 6.10. The molecule has 2 aromatic carbocycles. The van der Waals surface area contributed by atoms with E-state index in [0.29, 0.717) is 16.1 Å². The van der Waals surface area contributed by atoms with Crippen molar-refractivity contribution >= 4 is 38.8 Å². The zero-order chi connectivity index (χ0) is 23.5. The Morgan fingerprint density at radius 1 is 1.00 bits per heavy atom. The number of carbonyl (C=O) groups is 1. The van der Waals surface area contributed by atoms with E-state index < -0.39 is 9.84 Å². The predicted octanol–water partition coefficient (Wildman–Crippen LogP) is 5.60. The van der Waals surface area contributed by atoms with Gasteiger partial charge in [-0.1, -0.05) is 18.9 Å². The summed E-state index contributed by atoms with van der Waals surface area (Å²) in [5.74, 6) is 0.506. The standard InChI is InChI=1S/C26H25N3O3S2/c30-26(28-20-10-14-24(15-11-20)34(31,32)23-5-1-2-6-23)19-8-12-22(13-9-19)33-18-21-17-29-16-4-3-7-25(29)27-21/h3-4,7-17,23H,1-2,5-6,18H2,(H,28,30). The van der Waals surface area contributed by atoms with Crippen LogP contribution in [-0.2, 0) is 15.6 Å². The number of anilines is 1. The number of hydrogen-bond acceptors (Lipinski definition) is 5. The third-order valence-corrected chi connectivity index (χ3v) is 9.42. The number of thioether (sulfide) groups is 1. The minimum atomic E-state index is -3.30. The maximum absolute atomic E-state index is 12.7. The summed E-state index contributed by atoms with van der Waals surface area (Å²) >= 11 is 1.66. The van der Waals surface area contributed by atoms with Crippen molar-refractivity contribution in [2.24, 2.45) is 0 Å². The molecule has 1 saturated carbocycles. The molecule has 1 aliphatic rings. The van der Waals surface area contributed by atoms with Crippen molar-refractivity contribution in [1.82, 2.24) is 9.38 Å². The Morgan fingerprint density at radius 3 is 2.44 bits per heavy atom. The molecule has 8 heteroatoms. The van der Waals surface area contributed by atoms with E-state index in [1.54, 1.807) is 48.2 Å². The van der Waals surface area contributed by atoms with E-state index >= 15 is 0 Å². The second kappa shape index (κ2) is 9.64. The van der Waals surface area contributed by atoms with Crippen LogP contribution in [0.2, 0.25) is 0 Å². The molecule has 0 radical (unpaired) electrons. The van der Waals surface area contributed by atoms with E-state index in [-0.39, 0.29) is 11.2 Å². The largest absolute Gasteiger partial charge is 0.322 e. The van der Waals surface area contributed by atoms with E-state index in [2.05, 4.69) is 10.3 Å². The number of nitrogens with zero attached hydrogens (tertiary/aromatic N) is 2. The highest BCUT2D eigenvalue weighted by Crippen LogP contribution is 2.30. The average Bonchev–Trinajstić information content (AvgIpc) is 3.54. The van der Waals surface area contributed by atoms with Gasteiger partial charge in [0.25, 0.3) is 5.91 Å². The molecule has 2 heterocycles. The number of sulfone groups is 1. The highest BCUT2D eigenvalue weighted by atomic mass is 32.2. The van der Waals surface area contributed by atoms with Crippen molar-refractivity contribution in [3.8, 4) is 0 Å². The molecule has 1 fully saturated rings. The number of hydrogen-bond donors (Lipinski definition) is 1. The van der Waals surface area contributed by atoms with Gasteiger partial charge in [-0.25, -0.2) is 13.4 Å². The van der Waals surface area contributed by atoms with Gasteiger partial charge in [0.1, 0.15) is 5.65 Å². The van der Waals surface area contributed by atoms with E-state index in [9.17, 15) is 13.2 Å². The van der Waals surface area contributed by atoms with Crippen LogP contribution in [0.1, 0.15) is 41.7 Å². The summed E-state index contributed by atoms with van der Waals surface area (Å²) < 4.78 is 27.4. The van der Waals surface area contributed by atoms with Crippen LogP contribution in [0.5, 0.6) is 0 Å². The van der Waals surface area contributed by atoms with Crippen LogP contribution in [0.25, 0.3) is 5.65 Å². The first-order valence-electron chi connectivity index (χ1n) is 11.3. The second-order valence-corrected chi connectivity index (χ2v) is 11.7. The number of benzene rings is 2. The molecule has 6 nitrogen and oxygen atoms in total. The molecule has 0 atom stereocenters. The van der Waals surface area contributed by atoms with Crippen molar-refractivity contribution in [2.45, 2.75) is 46.5 Å². The summed E-state index contributed by atoms with van der Waals surface area (Å²) in [6, 6.07) is 19.8. The maximum atomic E-state index is 12.7. The van der Waals surface area contributed by atoms with Gasteiger partial charge in [-0.2, -0.15) is 0 Å². The SMILES string of the molecule is O=C(Nc1ccc(S(=O)(=O)C2CCCC2)cc1)c1ccc(SCc2cn3ccccc3n2)cc1. The molecule has 2 aromatic heterocycles. The number of carbonyl (C=O) groups excluding carboxylic acids is 1. The van der Waals surface area contributed by atoms with Crippen LogP contribution in [0, 0.1) is 0 Å². The van der Waals surface area contributed by atoms with E-state index in [4.69, 9.17) is 0 Å². The topological polar surface area (TPSA) is 80.5 Å². The highest BCUT2D eigenvalue weighted by Gasteiger charge is 2.30. The fourth-order valence-electron chi connectivity index (χ4n) is 4.24. The lowest BCUT2D eigenvalue weighted by Gasteiger charge is -2.12. The van der Waals surface area contributed by atoms with Gasteiger partial charge in [0.05, 0.1) is 15.8 Å². The molecular formula is C26H25N3O3S2. The smallest absolute Gasteiger partial charge is 0.255 e. The van der Waals surface area contributed by atoms with Gasteiger partial charge in [0, 0.05) is 34.3 Å². The first-order chi connectivity index (χ1) is 16.5. The molecule has 1 N–H and O–H groups in total. The monoisotopic (exact) mass is 491 g/mol. The van der Waals surface area contributed by atoms with Gasteiger partial charge < -0.3 is 9.72 Å². The molecule has 1 aliphatic carbocycles. The molecule has 0 bridgehead atoms. The van der Waals surface area contributed by atoms with Crippen molar-refractivity contribution in [3.05, 3.63) is 90.4 Å². The lowest BCUT2D eigenvalue weighted by molar-refractivity contribution is 0.102. The van der Waals surface area contributed by atoms with Gasteiger partial charge in [-0.15, -0.1) is 11.8 Å². The zero-order valence-electron chi connectivity index (χ0n) is 18.6. The van der Waals surface area contributed by atoms with Gasteiger partial charge in [-0.3, -0.25) is 4.79 Å². The number of fused-ring (bicyclic) bond motifs is 1. The molecular weight excluding hydrogens is 466 g/mol. The Kier molecular flexibility index (Phi) is 6.43. The van der Waals surface area contributed by atoms with Gasteiger partial charge in [-0.05, 0) is 73.5 Å². The van der Waals surface area contributed by atoms with Crippen LogP contribution in [-0.4, -0.2) is 29.0 Å². The minimum Gasteiger partial charge on any atom is -0.322 e. The second-order valence-electron chi connectivity index (χ2n) is 8.44. The van der Waals surface area contributed by atoms with Crippen molar-refractivity contribution in [2.75, 3.05) is 5.32 Å². The summed E-state index contributed by atoms with van der Waals surface area (Å²) in [6.45, 7) is 0. The number of nitrogens with one attached hydrogen (secondary N) is 1. The number of amides is 1. The fourth-order valence-corrected chi connectivity index (χ4v) is 6.88. The fraction of sp³-hybridized carbons (Fsp3) is 0.231. The lowest BCUT2D eigenvalue weighted by Crippen LogP contribution is -2.18. The highest BCUT2D eigenvalue weighted by molar-refractivity contribution is 7.98. The van der Waals surface area contributed by atoms with Crippen LogP contribution in [0.4, 0.5) is 5.69 Å². The van der Waals surface area contributed by atoms with Crippen molar-refractivity contribution < 1.29 is 13.2 Å². The van der Waals surface area contributed by atoms with E-state index in [1.807, 2.05) is 47.1 Å². The predicted molar refractivity (Wildman–Crippen MR) is 135 cm³/mol. The molecule has 0 unspecified atom stereocenters. The van der Waals surface area contributed by atoms with Crippen molar-refractivity contribution in [3.63, 3.8) is 0 Å². The Morgan fingerprint density at radius 2 is 1.74 bits per heavy atom. The Bertz CT molecular complexity index is 1370. The number of pyridine rings is 1. The molecule has 1 amide bonds. The third kappa shape index (κ3) is 4.88.